The Hall–Kier alpha value is 0.200. The first-order valence-corrected chi connectivity index (χ1v) is 6.17. The summed E-state index contributed by atoms with van der Waals surface area (Å²) in [4.78, 5) is 11.4. The van der Waals surface area contributed by atoms with E-state index in [-0.39, 0.29) is 8.84 Å². The highest BCUT2D eigenvalue weighted by Crippen LogP contribution is 3.03. The van der Waals surface area contributed by atoms with Gasteiger partial charge < -0.3 is 5.11 Å². The zero-order valence-corrected chi connectivity index (χ0v) is 9.06. The van der Waals surface area contributed by atoms with Gasteiger partial charge in [0.25, 0.3) is 0 Å². The highest BCUT2D eigenvalue weighted by atomic mass is 127. The molecule has 0 heterocycles. The highest BCUT2D eigenvalue weighted by molar-refractivity contribution is 14.1. The molecule has 2 bridgehead atoms. The molecule has 6 rings (SSSR count). The van der Waals surface area contributed by atoms with Crippen LogP contribution in [0.2, 0.25) is 0 Å². The lowest BCUT2D eigenvalue weighted by molar-refractivity contribution is -0.144. The number of hydrogen-bond donors (Lipinski definition) is 1. The van der Waals surface area contributed by atoms with Crippen molar-refractivity contribution in [1.82, 2.24) is 0 Å². The lowest BCUT2D eigenvalue weighted by atomic mass is 9.98. The Kier molecular flexibility index (Phi) is 0.668. The SMILES string of the molecule is O=C(O)C12[C@H]3[C@@H]4C[C@@H]([C@@H]5[C@H]4C51I)[C@@H]32. The van der Waals surface area contributed by atoms with Crippen molar-refractivity contribution in [3.8, 4) is 0 Å². The number of carboxylic acid groups (broad SMARTS) is 1. The second kappa shape index (κ2) is 1.31. The third kappa shape index (κ3) is 0.318. The van der Waals surface area contributed by atoms with Gasteiger partial charge in [-0.1, -0.05) is 22.6 Å². The maximum Gasteiger partial charge on any atom is 0.311 e. The van der Waals surface area contributed by atoms with Crippen LogP contribution in [-0.2, 0) is 4.79 Å². The number of aliphatic carboxylic acids is 1. The van der Waals surface area contributed by atoms with E-state index in [9.17, 15) is 9.90 Å². The van der Waals surface area contributed by atoms with Crippen LogP contribution in [0.4, 0.5) is 0 Å². The van der Waals surface area contributed by atoms with Crippen molar-refractivity contribution < 1.29 is 9.90 Å². The second-order valence-corrected chi connectivity index (χ2v) is 7.39. The number of halogens is 1. The lowest BCUT2D eigenvalue weighted by Gasteiger charge is -2.13. The van der Waals surface area contributed by atoms with E-state index in [1.165, 1.54) is 6.42 Å². The molecule has 3 heteroatoms. The molecule has 0 radical (unpaired) electrons. The molecule has 0 amide bonds. The zero-order chi connectivity index (χ0) is 8.75. The van der Waals surface area contributed by atoms with Crippen molar-refractivity contribution in [3.63, 3.8) is 0 Å². The van der Waals surface area contributed by atoms with E-state index in [4.69, 9.17) is 0 Å². The van der Waals surface area contributed by atoms with Gasteiger partial charge in [0.15, 0.2) is 0 Å². The van der Waals surface area contributed by atoms with Crippen molar-refractivity contribution >= 4 is 28.6 Å². The van der Waals surface area contributed by atoms with Crippen LogP contribution in [0.5, 0.6) is 0 Å². The molecule has 1 N–H and O–H groups in total. The van der Waals surface area contributed by atoms with Gasteiger partial charge >= 0.3 is 5.97 Å². The van der Waals surface area contributed by atoms with Crippen LogP contribution in [0.1, 0.15) is 6.42 Å². The smallest absolute Gasteiger partial charge is 0.311 e. The molecule has 0 aromatic carbocycles. The molecular formula is C10H9IO2. The summed E-state index contributed by atoms with van der Waals surface area (Å²) in [5.41, 5.74) is -0.212. The first-order chi connectivity index (χ1) is 6.16. The lowest BCUT2D eigenvalue weighted by Crippen LogP contribution is -2.28. The average molecular weight is 288 g/mol. The largest absolute Gasteiger partial charge is 0.481 e. The minimum atomic E-state index is -0.464. The Balaban J connectivity index is 1.87. The van der Waals surface area contributed by atoms with Gasteiger partial charge in [0.2, 0.25) is 0 Å². The van der Waals surface area contributed by atoms with Crippen LogP contribution in [0, 0.1) is 40.9 Å². The van der Waals surface area contributed by atoms with E-state index in [1.54, 1.807) is 0 Å². The molecule has 2 unspecified atom stereocenters. The summed E-state index contributed by atoms with van der Waals surface area (Å²) < 4.78 is 0.236. The summed E-state index contributed by atoms with van der Waals surface area (Å²) in [7, 11) is 0. The molecule has 2 nitrogen and oxygen atoms in total. The fourth-order valence-electron chi connectivity index (χ4n) is 6.07. The summed E-state index contributed by atoms with van der Waals surface area (Å²) in [6.07, 6.45) is 1.38. The van der Waals surface area contributed by atoms with Gasteiger partial charge in [-0.15, -0.1) is 0 Å². The standard InChI is InChI=1S/C10H9IO2/c11-10-6-2-1-3(7(6)10)5-4(2)9(5,10)8(12)13/h2-7H,1H2,(H,12,13)/t2-,3+,4-,5-,6-,7+,9?,10?/m0/s1. The molecule has 0 spiro atoms. The van der Waals surface area contributed by atoms with Crippen LogP contribution in [-0.4, -0.2) is 14.5 Å². The van der Waals surface area contributed by atoms with Crippen LogP contribution < -0.4 is 0 Å². The summed E-state index contributed by atoms with van der Waals surface area (Å²) in [5.74, 6) is 4.06. The first-order valence-electron chi connectivity index (χ1n) is 5.09. The normalized spacial score (nSPS) is 83.2. The Morgan fingerprint density at radius 1 is 1.23 bits per heavy atom. The minimum Gasteiger partial charge on any atom is -0.481 e. The second-order valence-electron chi connectivity index (χ2n) is 5.61. The van der Waals surface area contributed by atoms with Gasteiger partial charge in [0, 0.05) is 3.42 Å². The molecule has 0 saturated heterocycles. The third-order valence-corrected chi connectivity index (χ3v) is 8.29. The Bertz CT molecular complexity index is 364. The molecule has 0 aromatic heterocycles. The van der Waals surface area contributed by atoms with Gasteiger partial charge in [0.1, 0.15) is 0 Å². The molecule has 13 heavy (non-hydrogen) atoms. The van der Waals surface area contributed by atoms with Crippen molar-refractivity contribution in [3.05, 3.63) is 0 Å². The van der Waals surface area contributed by atoms with Gasteiger partial charge in [-0.25, -0.2) is 0 Å². The molecule has 8 atom stereocenters. The van der Waals surface area contributed by atoms with Crippen LogP contribution in [0.25, 0.3) is 0 Å². The van der Waals surface area contributed by atoms with E-state index in [0.717, 1.165) is 23.7 Å². The minimum absolute atomic E-state index is 0.212. The van der Waals surface area contributed by atoms with Crippen molar-refractivity contribution in [2.24, 2.45) is 40.9 Å². The highest BCUT2D eigenvalue weighted by Gasteiger charge is 3.06. The zero-order valence-electron chi connectivity index (χ0n) is 6.90. The molecule has 0 aromatic rings. The molecular weight excluding hydrogens is 279 g/mol. The van der Waals surface area contributed by atoms with Gasteiger partial charge in [0.05, 0.1) is 5.41 Å². The van der Waals surface area contributed by atoms with Gasteiger partial charge in [-0.3, -0.25) is 4.79 Å². The predicted octanol–water partition coefficient (Wildman–Crippen LogP) is 1.39. The fraction of sp³-hybridized carbons (Fsp3) is 0.900. The predicted molar refractivity (Wildman–Crippen MR) is 52.4 cm³/mol. The Labute approximate surface area is 89.2 Å². The Morgan fingerprint density at radius 3 is 2.00 bits per heavy atom. The van der Waals surface area contributed by atoms with Crippen molar-refractivity contribution in [2.75, 3.05) is 0 Å². The quantitative estimate of drug-likeness (QED) is 0.585. The van der Waals surface area contributed by atoms with E-state index >= 15 is 0 Å². The number of hydrogen-bond acceptors (Lipinski definition) is 1. The maximum atomic E-state index is 11.4. The first kappa shape index (κ1) is 6.64. The van der Waals surface area contributed by atoms with E-state index in [2.05, 4.69) is 22.6 Å². The fourth-order valence-corrected chi connectivity index (χ4v) is 8.54. The average Bonchev–Trinajstić information content (AvgIpc) is 2.77. The summed E-state index contributed by atoms with van der Waals surface area (Å²) in [6, 6.07) is 0. The topological polar surface area (TPSA) is 37.3 Å². The monoisotopic (exact) mass is 288 g/mol. The van der Waals surface area contributed by atoms with Gasteiger partial charge in [-0.2, -0.15) is 0 Å². The van der Waals surface area contributed by atoms with Crippen LogP contribution in [0.15, 0.2) is 0 Å². The van der Waals surface area contributed by atoms with Crippen molar-refractivity contribution in [2.45, 2.75) is 9.84 Å². The van der Waals surface area contributed by atoms with Crippen LogP contribution in [0.3, 0.4) is 0 Å². The number of rotatable bonds is 1. The van der Waals surface area contributed by atoms with E-state index in [0.29, 0.717) is 11.8 Å². The van der Waals surface area contributed by atoms with Crippen molar-refractivity contribution in [1.29, 1.82) is 0 Å². The maximum absolute atomic E-state index is 11.4. The molecule has 6 aliphatic carbocycles. The molecule has 68 valence electrons. The Morgan fingerprint density at radius 2 is 1.77 bits per heavy atom. The van der Waals surface area contributed by atoms with E-state index < -0.39 is 5.97 Å². The van der Waals surface area contributed by atoms with Crippen LogP contribution >= 0.6 is 22.6 Å². The molecule has 6 saturated carbocycles. The third-order valence-electron chi connectivity index (χ3n) is 5.95. The molecule has 6 fully saturated rings. The van der Waals surface area contributed by atoms with E-state index in [1.807, 2.05) is 0 Å². The molecule has 6 aliphatic rings. The number of carbonyl (C=O) groups is 1. The number of carboxylic acids is 1. The molecule has 0 aliphatic heterocycles. The summed E-state index contributed by atoms with van der Waals surface area (Å²) in [6.45, 7) is 0. The van der Waals surface area contributed by atoms with Gasteiger partial charge in [-0.05, 0) is 41.9 Å². The summed E-state index contributed by atoms with van der Waals surface area (Å²) in [5, 5.41) is 9.41. The summed E-state index contributed by atoms with van der Waals surface area (Å²) >= 11 is 2.51. The number of alkyl halides is 1.